The van der Waals surface area contributed by atoms with Crippen molar-refractivity contribution in [3.05, 3.63) is 0 Å². The molecule has 1 aliphatic heterocycles. The third-order valence-electron chi connectivity index (χ3n) is 4.27. The smallest absolute Gasteiger partial charge is 0.234 e. The van der Waals surface area contributed by atoms with Gasteiger partial charge in [0.15, 0.2) is 0 Å². The van der Waals surface area contributed by atoms with Gasteiger partial charge in [-0.05, 0) is 45.7 Å². The van der Waals surface area contributed by atoms with Gasteiger partial charge in [0.25, 0.3) is 0 Å². The number of carbonyl (C=O) groups excluding carboxylic acids is 1. The summed E-state index contributed by atoms with van der Waals surface area (Å²) in [5, 5.41) is 6.39. The second kappa shape index (κ2) is 7.10. The van der Waals surface area contributed by atoms with Gasteiger partial charge in [0.1, 0.15) is 0 Å². The summed E-state index contributed by atoms with van der Waals surface area (Å²) in [6.07, 6.45) is 7.70. The second-order valence-electron chi connectivity index (χ2n) is 5.76. The van der Waals surface area contributed by atoms with Crippen molar-refractivity contribution in [3.63, 3.8) is 0 Å². The number of nitrogens with one attached hydrogen (secondary N) is 2. The maximum Gasteiger partial charge on any atom is 0.234 e. The summed E-state index contributed by atoms with van der Waals surface area (Å²) in [5.74, 6) is 0.146. The van der Waals surface area contributed by atoms with E-state index in [0.29, 0.717) is 18.6 Å². The van der Waals surface area contributed by atoms with Gasteiger partial charge in [-0.2, -0.15) is 0 Å². The molecule has 2 rings (SSSR count). The van der Waals surface area contributed by atoms with Crippen molar-refractivity contribution in [2.45, 2.75) is 57.5 Å². The normalized spacial score (nSPS) is 23.4. The maximum atomic E-state index is 11.7. The Morgan fingerprint density at radius 1 is 1.22 bits per heavy atom. The number of carbonyl (C=O) groups is 1. The molecule has 18 heavy (non-hydrogen) atoms. The molecule has 1 unspecified atom stereocenters. The van der Waals surface area contributed by atoms with Crippen LogP contribution in [-0.2, 0) is 4.79 Å². The average molecular weight is 253 g/mol. The van der Waals surface area contributed by atoms with E-state index in [1.807, 2.05) is 0 Å². The van der Waals surface area contributed by atoms with Crippen LogP contribution in [0.4, 0.5) is 0 Å². The molecule has 0 aromatic carbocycles. The lowest BCUT2D eigenvalue weighted by Gasteiger charge is -2.24. The van der Waals surface area contributed by atoms with Crippen molar-refractivity contribution in [1.82, 2.24) is 15.5 Å². The average Bonchev–Trinajstić information content (AvgIpc) is 3.05. The molecule has 1 atom stereocenters. The molecule has 2 aliphatic rings. The molecule has 2 N–H and O–H groups in total. The van der Waals surface area contributed by atoms with E-state index in [4.69, 9.17) is 0 Å². The zero-order chi connectivity index (χ0) is 12.8. The number of hydrogen-bond acceptors (Lipinski definition) is 3. The molecular weight excluding hydrogens is 226 g/mol. The first kappa shape index (κ1) is 13.8. The Labute approximate surface area is 110 Å². The molecule has 0 spiro atoms. The van der Waals surface area contributed by atoms with E-state index < -0.39 is 0 Å². The van der Waals surface area contributed by atoms with E-state index >= 15 is 0 Å². The summed E-state index contributed by atoms with van der Waals surface area (Å²) in [6.45, 7) is 5.85. The summed E-state index contributed by atoms with van der Waals surface area (Å²) >= 11 is 0. The van der Waals surface area contributed by atoms with Gasteiger partial charge in [-0.25, -0.2) is 0 Å². The Balaban J connectivity index is 1.55. The molecule has 104 valence electrons. The molecule has 0 aromatic rings. The van der Waals surface area contributed by atoms with Crippen LogP contribution in [0.2, 0.25) is 0 Å². The molecule has 0 radical (unpaired) electrons. The van der Waals surface area contributed by atoms with E-state index in [1.165, 1.54) is 51.6 Å². The van der Waals surface area contributed by atoms with Gasteiger partial charge >= 0.3 is 0 Å². The molecule has 1 saturated carbocycles. The number of nitrogens with zero attached hydrogens (tertiary/aromatic N) is 1. The number of amides is 1. The first-order chi connectivity index (χ1) is 8.75. The third kappa shape index (κ3) is 4.25. The van der Waals surface area contributed by atoms with Crippen LogP contribution in [0.15, 0.2) is 0 Å². The quantitative estimate of drug-likeness (QED) is 0.745. The lowest BCUT2D eigenvalue weighted by Crippen LogP contribution is -2.44. The SMILES string of the molecule is CC(CNC(=O)CNC1CCCC1)N1CCCC1. The summed E-state index contributed by atoms with van der Waals surface area (Å²) in [4.78, 5) is 14.2. The zero-order valence-corrected chi connectivity index (χ0v) is 11.6. The highest BCUT2D eigenvalue weighted by Gasteiger charge is 2.19. The van der Waals surface area contributed by atoms with Crippen LogP contribution in [0.5, 0.6) is 0 Å². The predicted molar refractivity (Wildman–Crippen MR) is 73.5 cm³/mol. The zero-order valence-electron chi connectivity index (χ0n) is 11.6. The van der Waals surface area contributed by atoms with Crippen molar-refractivity contribution >= 4 is 5.91 Å². The summed E-state index contributed by atoms with van der Waals surface area (Å²) < 4.78 is 0. The Bertz CT molecular complexity index is 258. The molecule has 0 aromatic heterocycles. The van der Waals surface area contributed by atoms with Gasteiger partial charge in [0, 0.05) is 18.6 Å². The molecule has 4 heteroatoms. The first-order valence-corrected chi connectivity index (χ1v) is 7.50. The highest BCUT2D eigenvalue weighted by atomic mass is 16.1. The number of rotatable bonds is 6. The molecule has 2 fully saturated rings. The van der Waals surface area contributed by atoms with E-state index in [2.05, 4.69) is 22.5 Å². The van der Waals surface area contributed by atoms with Gasteiger partial charge in [-0.15, -0.1) is 0 Å². The largest absolute Gasteiger partial charge is 0.353 e. The van der Waals surface area contributed by atoms with Crippen LogP contribution in [0.25, 0.3) is 0 Å². The van der Waals surface area contributed by atoms with Gasteiger partial charge in [-0.3, -0.25) is 9.69 Å². The minimum Gasteiger partial charge on any atom is -0.353 e. The van der Waals surface area contributed by atoms with Crippen LogP contribution in [0.3, 0.4) is 0 Å². The Hall–Kier alpha value is -0.610. The summed E-state index contributed by atoms with van der Waals surface area (Å²) in [5.41, 5.74) is 0. The fraction of sp³-hybridized carbons (Fsp3) is 0.929. The van der Waals surface area contributed by atoms with Crippen LogP contribution >= 0.6 is 0 Å². The summed E-state index contributed by atoms with van der Waals surface area (Å²) in [6, 6.07) is 1.05. The lowest BCUT2D eigenvalue weighted by molar-refractivity contribution is -0.120. The number of hydrogen-bond donors (Lipinski definition) is 2. The molecule has 1 heterocycles. The highest BCUT2D eigenvalue weighted by Crippen LogP contribution is 2.17. The predicted octanol–water partition coefficient (Wildman–Crippen LogP) is 1.12. The highest BCUT2D eigenvalue weighted by molar-refractivity contribution is 5.78. The van der Waals surface area contributed by atoms with Crippen molar-refractivity contribution in [1.29, 1.82) is 0 Å². The van der Waals surface area contributed by atoms with Gasteiger partial charge in [-0.1, -0.05) is 12.8 Å². The van der Waals surface area contributed by atoms with Crippen molar-refractivity contribution in [2.75, 3.05) is 26.2 Å². The molecule has 4 nitrogen and oxygen atoms in total. The van der Waals surface area contributed by atoms with Crippen LogP contribution in [-0.4, -0.2) is 49.1 Å². The van der Waals surface area contributed by atoms with Crippen molar-refractivity contribution < 1.29 is 4.79 Å². The minimum atomic E-state index is 0.146. The fourth-order valence-corrected chi connectivity index (χ4v) is 3.00. The fourth-order valence-electron chi connectivity index (χ4n) is 3.00. The van der Waals surface area contributed by atoms with E-state index in [-0.39, 0.29) is 5.91 Å². The molecule has 1 aliphatic carbocycles. The van der Waals surface area contributed by atoms with E-state index in [0.717, 1.165) is 6.54 Å². The lowest BCUT2D eigenvalue weighted by atomic mass is 10.2. The standard InChI is InChI=1S/C14H27N3O/c1-12(17-8-4-5-9-17)10-16-14(18)11-15-13-6-2-3-7-13/h12-13,15H,2-11H2,1H3,(H,16,18). The Morgan fingerprint density at radius 3 is 2.56 bits per heavy atom. The van der Waals surface area contributed by atoms with Gasteiger partial charge in [0.2, 0.25) is 5.91 Å². The Kier molecular flexibility index (Phi) is 5.45. The topological polar surface area (TPSA) is 44.4 Å². The van der Waals surface area contributed by atoms with Gasteiger partial charge < -0.3 is 10.6 Å². The molecular formula is C14H27N3O. The number of likely N-dealkylation sites (tertiary alicyclic amines) is 1. The minimum absolute atomic E-state index is 0.146. The maximum absolute atomic E-state index is 11.7. The van der Waals surface area contributed by atoms with E-state index in [1.54, 1.807) is 0 Å². The van der Waals surface area contributed by atoms with E-state index in [9.17, 15) is 4.79 Å². The first-order valence-electron chi connectivity index (χ1n) is 7.50. The molecule has 1 saturated heterocycles. The molecule has 1 amide bonds. The van der Waals surface area contributed by atoms with Crippen molar-refractivity contribution in [3.8, 4) is 0 Å². The van der Waals surface area contributed by atoms with Crippen LogP contribution in [0.1, 0.15) is 45.4 Å². The van der Waals surface area contributed by atoms with Gasteiger partial charge in [0.05, 0.1) is 6.54 Å². The van der Waals surface area contributed by atoms with Crippen LogP contribution < -0.4 is 10.6 Å². The van der Waals surface area contributed by atoms with Crippen molar-refractivity contribution in [2.24, 2.45) is 0 Å². The summed E-state index contributed by atoms with van der Waals surface area (Å²) in [7, 11) is 0. The van der Waals surface area contributed by atoms with Crippen LogP contribution in [0, 0.1) is 0 Å². The molecule has 0 bridgehead atoms. The second-order valence-corrected chi connectivity index (χ2v) is 5.76. The Morgan fingerprint density at radius 2 is 1.89 bits per heavy atom. The third-order valence-corrected chi connectivity index (χ3v) is 4.27. The monoisotopic (exact) mass is 253 g/mol.